The Balaban J connectivity index is 1.55. The summed E-state index contributed by atoms with van der Waals surface area (Å²) < 4.78 is 5.11. The van der Waals surface area contributed by atoms with Gasteiger partial charge in [0.25, 0.3) is 5.69 Å². The van der Waals surface area contributed by atoms with E-state index < -0.39 is 16.8 Å². The van der Waals surface area contributed by atoms with E-state index in [0.29, 0.717) is 0 Å². The van der Waals surface area contributed by atoms with E-state index in [0.717, 1.165) is 27.2 Å². The van der Waals surface area contributed by atoms with Crippen molar-refractivity contribution in [1.82, 2.24) is 0 Å². The van der Waals surface area contributed by atoms with Gasteiger partial charge >= 0.3 is 0 Å². The number of hydrogen-bond donors (Lipinski definition) is 0. The number of methoxy groups -OCH3 is 1. The number of amides is 2. The minimum atomic E-state index is -0.585. The van der Waals surface area contributed by atoms with Crippen molar-refractivity contribution in [3.05, 3.63) is 99.1 Å². The summed E-state index contributed by atoms with van der Waals surface area (Å²) in [5.74, 6) is -2.15. The highest BCUT2D eigenvalue weighted by molar-refractivity contribution is 6.24. The van der Waals surface area contributed by atoms with Gasteiger partial charge in [-0.05, 0) is 34.4 Å². The number of anilines is 1. The van der Waals surface area contributed by atoms with Gasteiger partial charge in [0, 0.05) is 11.8 Å². The highest BCUT2D eigenvalue weighted by atomic mass is 16.6. The van der Waals surface area contributed by atoms with Crippen molar-refractivity contribution >= 4 is 23.2 Å². The third-order valence-electron chi connectivity index (χ3n) is 7.07. The number of nitro benzene ring substituents is 1. The van der Waals surface area contributed by atoms with Gasteiger partial charge in [-0.25, -0.2) is 4.90 Å². The molecule has 2 bridgehead atoms. The first-order valence-electron chi connectivity index (χ1n) is 10.4. The van der Waals surface area contributed by atoms with Gasteiger partial charge in [-0.2, -0.15) is 0 Å². The van der Waals surface area contributed by atoms with Crippen molar-refractivity contribution in [2.75, 3.05) is 12.0 Å². The summed E-state index contributed by atoms with van der Waals surface area (Å²) in [7, 11) is 1.41. The van der Waals surface area contributed by atoms with E-state index in [1.807, 2.05) is 48.5 Å². The molecule has 0 spiro atoms. The topological polar surface area (TPSA) is 89.8 Å². The molecule has 0 unspecified atom stereocenters. The first-order chi connectivity index (χ1) is 15.5. The number of carbonyl (C=O) groups is 2. The first-order valence-corrected chi connectivity index (χ1v) is 10.4. The molecule has 1 saturated heterocycles. The average Bonchev–Trinajstić information content (AvgIpc) is 3.09. The third kappa shape index (κ3) is 2.25. The highest BCUT2D eigenvalue weighted by Crippen LogP contribution is 2.61. The zero-order chi connectivity index (χ0) is 22.1. The molecule has 7 heteroatoms. The molecule has 3 aromatic rings. The molecule has 32 heavy (non-hydrogen) atoms. The lowest BCUT2D eigenvalue weighted by Gasteiger charge is -2.45. The van der Waals surface area contributed by atoms with E-state index >= 15 is 0 Å². The Morgan fingerprint density at radius 1 is 0.812 bits per heavy atom. The Morgan fingerprint density at radius 2 is 1.28 bits per heavy atom. The normalized spacial score (nSPS) is 24.7. The SMILES string of the molecule is COc1ccc(N2C(=O)[C@@H]3C4c5ccccc5C(c5ccccc54)[C@@H]3C2=O)c([N+](=O)[O-])c1. The number of ether oxygens (including phenoxy) is 1. The molecule has 1 fully saturated rings. The molecule has 0 saturated carbocycles. The molecule has 1 aliphatic heterocycles. The second kappa shape index (κ2) is 6.50. The first kappa shape index (κ1) is 18.7. The number of hydrogen-bond acceptors (Lipinski definition) is 5. The molecular formula is C25H18N2O5. The van der Waals surface area contributed by atoms with Crippen molar-refractivity contribution < 1.29 is 19.2 Å². The van der Waals surface area contributed by atoms with Crippen LogP contribution in [0.5, 0.6) is 5.75 Å². The summed E-state index contributed by atoms with van der Waals surface area (Å²) in [6.07, 6.45) is 0. The summed E-state index contributed by atoms with van der Waals surface area (Å²) in [6, 6.07) is 20.1. The number of nitro groups is 1. The fourth-order valence-electron chi connectivity index (χ4n) is 5.88. The Hall–Kier alpha value is -4.00. The van der Waals surface area contributed by atoms with Gasteiger partial charge < -0.3 is 4.74 Å². The Labute approximate surface area is 183 Å². The zero-order valence-electron chi connectivity index (χ0n) is 17.1. The van der Waals surface area contributed by atoms with Gasteiger partial charge in [-0.1, -0.05) is 48.5 Å². The van der Waals surface area contributed by atoms with Gasteiger partial charge in [0.05, 0.1) is 29.9 Å². The zero-order valence-corrected chi connectivity index (χ0v) is 17.1. The van der Waals surface area contributed by atoms with Crippen LogP contribution in [-0.4, -0.2) is 23.8 Å². The Morgan fingerprint density at radius 3 is 1.69 bits per heavy atom. The molecule has 7 rings (SSSR count). The maximum absolute atomic E-state index is 13.7. The average molecular weight is 426 g/mol. The van der Waals surface area contributed by atoms with Crippen LogP contribution in [0.2, 0.25) is 0 Å². The van der Waals surface area contributed by atoms with E-state index in [1.165, 1.54) is 25.3 Å². The number of carbonyl (C=O) groups excluding carboxylic acids is 2. The number of rotatable bonds is 3. The van der Waals surface area contributed by atoms with Crippen LogP contribution in [0.15, 0.2) is 66.7 Å². The summed E-state index contributed by atoms with van der Waals surface area (Å²) in [5.41, 5.74) is 3.91. The lowest BCUT2D eigenvalue weighted by atomic mass is 9.55. The maximum Gasteiger partial charge on any atom is 0.297 e. The van der Waals surface area contributed by atoms with Crippen LogP contribution in [0.25, 0.3) is 0 Å². The standard InChI is InChI=1S/C25H18N2O5/c1-32-13-10-11-18(19(12-13)27(30)31)26-24(28)22-20-14-6-2-3-7-15(14)21(23(22)25(26)29)17-9-5-4-8-16(17)20/h2-12,20-23H,1H3/t20?,21?,22-,23+. The summed E-state index contributed by atoms with van der Waals surface area (Å²) >= 11 is 0. The molecule has 2 amide bonds. The molecule has 4 aliphatic rings. The van der Waals surface area contributed by atoms with Crippen LogP contribution in [0.4, 0.5) is 11.4 Å². The molecular weight excluding hydrogens is 408 g/mol. The van der Waals surface area contributed by atoms with E-state index in [9.17, 15) is 19.7 Å². The maximum atomic E-state index is 13.7. The van der Waals surface area contributed by atoms with Gasteiger partial charge in [0.15, 0.2) is 0 Å². The van der Waals surface area contributed by atoms with Gasteiger partial charge in [-0.15, -0.1) is 0 Å². The number of imide groups is 1. The second-order valence-electron chi connectivity index (χ2n) is 8.39. The summed E-state index contributed by atoms with van der Waals surface area (Å²) in [6.45, 7) is 0. The number of nitrogens with zero attached hydrogens (tertiary/aromatic N) is 2. The van der Waals surface area contributed by atoms with Gasteiger partial charge in [0.2, 0.25) is 11.8 Å². The highest BCUT2D eigenvalue weighted by Gasteiger charge is 2.62. The monoisotopic (exact) mass is 426 g/mol. The fraction of sp³-hybridized carbons (Fsp3) is 0.200. The predicted molar refractivity (Wildman–Crippen MR) is 116 cm³/mol. The van der Waals surface area contributed by atoms with E-state index in [4.69, 9.17) is 4.74 Å². The molecule has 3 aliphatic carbocycles. The molecule has 0 aromatic heterocycles. The van der Waals surface area contributed by atoms with Crippen molar-refractivity contribution in [3.8, 4) is 5.75 Å². The van der Waals surface area contributed by atoms with Crippen molar-refractivity contribution in [3.63, 3.8) is 0 Å². The van der Waals surface area contributed by atoms with Crippen LogP contribution in [0, 0.1) is 22.0 Å². The fourth-order valence-corrected chi connectivity index (χ4v) is 5.88. The smallest absolute Gasteiger partial charge is 0.297 e. The largest absolute Gasteiger partial charge is 0.496 e. The molecule has 3 aromatic carbocycles. The van der Waals surface area contributed by atoms with E-state index in [2.05, 4.69) is 0 Å². The number of benzene rings is 3. The lowest BCUT2D eigenvalue weighted by Crippen LogP contribution is -2.41. The Bertz CT molecular complexity index is 1220. The van der Waals surface area contributed by atoms with Crippen molar-refractivity contribution in [2.45, 2.75) is 11.8 Å². The minimum Gasteiger partial charge on any atom is -0.496 e. The molecule has 1 heterocycles. The van der Waals surface area contributed by atoms with E-state index in [-0.39, 0.29) is 40.8 Å². The van der Waals surface area contributed by atoms with Crippen LogP contribution >= 0.6 is 0 Å². The Kier molecular flexibility index (Phi) is 3.81. The molecule has 158 valence electrons. The van der Waals surface area contributed by atoms with Gasteiger partial charge in [-0.3, -0.25) is 19.7 Å². The summed E-state index contributed by atoms with van der Waals surface area (Å²) in [4.78, 5) is 39.7. The molecule has 0 radical (unpaired) electrons. The van der Waals surface area contributed by atoms with Crippen LogP contribution < -0.4 is 9.64 Å². The second-order valence-corrected chi connectivity index (χ2v) is 8.39. The van der Waals surface area contributed by atoms with Crippen molar-refractivity contribution in [1.29, 1.82) is 0 Å². The van der Waals surface area contributed by atoms with Crippen LogP contribution in [0.1, 0.15) is 34.1 Å². The third-order valence-corrected chi connectivity index (χ3v) is 7.07. The quantitative estimate of drug-likeness (QED) is 0.359. The minimum absolute atomic E-state index is 0.00675. The van der Waals surface area contributed by atoms with Crippen LogP contribution in [0.3, 0.4) is 0 Å². The molecule has 2 atom stereocenters. The molecule has 7 nitrogen and oxygen atoms in total. The lowest BCUT2D eigenvalue weighted by molar-refractivity contribution is -0.384. The summed E-state index contributed by atoms with van der Waals surface area (Å²) in [5, 5.41) is 11.8. The van der Waals surface area contributed by atoms with Crippen LogP contribution in [-0.2, 0) is 9.59 Å². The van der Waals surface area contributed by atoms with Gasteiger partial charge in [0.1, 0.15) is 11.4 Å². The van der Waals surface area contributed by atoms with Crippen molar-refractivity contribution in [2.24, 2.45) is 11.8 Å². The van der Waals surface area contributed by atoms with E-state index in [1.54, 1.807) is 0 Å². The molecule has 0 N–H and O–H groups in total. The predicted octanol–water partition coefficient (Wildman–Crippen LogP) is 4.00.